The molecule has 0 aliphatic heterocycles. The molecule has 5 nitrogen and oxygen atoms in total. The lowest BCUT2D eigenvalue weighted by molar-refractivity contribution is -0.124. The van der Waals surface area contributed by atoms with E-state index in [-0.39, 0.29) is 17.7 Å². The molecular weight excluding hydrogens is 304 g/mol. The van der Waals surface area contributed by atoms with Gasteiger partial charge < -0.3 is 15.4 Å². The predicted octanol–water partition coefficient (Wildman–Crippen LogP) is 2.39. The van der Waals surface area contributed by atoms with E-state index in [4.69, 9.17) is 16.3 Å². The van der Waals surface area contributed by atoms with Crippen LogP contribution in [0.25, 0.3) is 0 Å². The highest BCUT2D eigenvalue weighted by Gasteiger charge is 2.06. The van der Waals surface area contributed by atoms with E-state index in [9.17, 15) is 9.59 Å². The summed E-state index contributed by atoms with van der Waals surface area (Å²) in [4.78, 5) is 22.9. The van der Waals surface area contributed by atoms with Crippen LogP contribution in [0.1, 0.15) is 26.7 Å². The molecule has 0 atom stereocenters. The van der Waals surface area contributed by atoms with Crippen molar-refractivity contribution in [2.24, 2.45) is 5.92 Å². The fourth-order valence-electron chi connectivity index (χ4n) is 1.66. The first-order chi connectivity index (χ1) is 10.5. The van der Waals surface area contributed by atoms with Crippen molar-refractivity contribution in [2.75, 3.05) is 19.7 Å². The van der Waals surface area contributed by atoms with Crippen molar-refractivity contribution in [1.29, 1.82) is 0 Å². The van der Waals surface area contributed by atoms with Crippen molar-refractivity contribution in [2.45, 2.75) is 26.7 Å². The lowest BCUT2D eigenvalue weighted by Crippen LogP contribution is -2.36. The fraction of sp³-hybridized carbons (Fsp3) is 0.500. The Morgan fingerprint density at radius 3 is 2.55 bits per heavy atom. The molecular formula is C16H23ClN2O3. The van der Waals surface area contributed by atoms with E-state index >= 15 is 0 Å². The van der Waals surface area contributed by atoms with Gasteiger partial charge in [-0.15, -0.1) is 0 Å². The van der Waals surface area contributed by atoms with E-state index in [2.05, 4.69) is 10.6 Å². The van der Waals surface area contributed by atoms with Crippen LogP contribution in [0.3, 0.4) is 0 Å². The van der Waals surface area contributed by atoms with E-state index in [1.54, 1.807) is 12.1 Å². The molecule has 0 heterocycles. The van der Waals surface area contributed by atoms with E-state index in [1.807, 2.05) is 26.0 Å². The van der Waals surface area contributed by atoms with E-state index in [0.717, 1.165) is 0 Å². The topological polar surface area (TPSA) is 67.4 Å². The Labute approximate surface area is 136 Å². The van der Waals surface area contributed by atoms with E-state index < -0.39 is 0 Å². The van der Waals surface area contributed by atoms with Gasteiger partial charge in [0.05, 0.1) is 11.6 Å². The molecule has 122 valence electrons. The van der Waals surface area contributed by atoms with Gasteiger partial charge >= 0.3 is 0 Å². The maximum atomic E-state index is 11.6. The van der Waals surface area contributed by atoms with Crippen LogP contribution >= 0.6 is 11.6 Å². The summed E-state index contributed by atoms with van der Waals surface area (Å²) in [6, 6.07) is 7.23. The number of halogens is 1. The number of hydrogen-bond acceptors (Lipinski definition) is 3. The molecule has 0 unspecified atom stereocenters. The van der Waals surface area contributed by atoms with Gasteiger partial charge in [0, 0.05) is 25.4 Å². The molecule has 0 aromatic heterocycles. The number of rotatable bonds is 9. The Hall–Kier alpha value is -1.75. The Balaban J connectivity index is 2.07. The summed E-state index contributed by atoms with van der Waals surface area (Å²) in [5.74, 6) is 0.516. The SMILES string of the molecule is CC(C)C(=O)NCCNC(=O)CCCOc1ccccc1Cl. The van der Waals surface area contributed by atoms with Gasteiger partial charge in [0.25, 0.3) is 0 Å². The third kappa shape index (κ3) is 7.31. The van der Waals surface area contributed by atoms with Gasteiger partial charge in [-0.2, -0.15) is 0 Å². The van der Waals surface area contributed by atoms with Crippen molar-refractivity contribution >= 4 is 23.4 Å². The van der Waals surface area contributed by atoms with Crippen LogP contribution < -0.4 is 15.4 Å². The molecule has 0 saturated heterocycles. The van der Waals surface area contributed by atoms with Crippen LogP contribution in [-0.4, -0.2) is 31.5 Å². The molecule has 0 fully saturated rings. The molecule has 0 aliphatic rings. The van der Waals surface area contributed by atoms with Gasteiger partial charge in [0.15, 0.2) is 0 Å². The van der Waals surface area contributed by atoms with Crippen LogP contribution in [-0.2, 0) is 9.59 Å². The average molecular weight is 327 g/mol. The molecule has 1 rings (SSSR count). The Kier molecular flexibility index (Phi) is 8.36. The highest BCUT2D eigenvalue weighted by Crippen LogP contribution is 2.23. The summed E-state index contributed by atoms with van der Waals surface area (Å²) >= 11 is 5.96. The van der Waals surface area contributed by atoms with Crippen LogP contribution in [0.2, 0.25) is 5.02 Å². The summed E-state index contributed by atoms with van der Waals surface area (Å²) in [5.41, 5.74) is 0. The zero-order chi connectivity index (χ0) is 16.4. The van der Waals surface area contributed by atoms with Gasteiger partial charge in [0.2, 0.25) is 11.8 Å². The highest BCUT2D eigenvalue weighted by molar-refractivity contribution is 6.32. The van der Waals surface area contributed by atoms with E-state index in [1.165, 1.54) is 0 Å². The lowest BCUT2D eigenvalue weighted by Gasteiger charge is -2.09. The number of hydrogen-bond donors (Lipinski definition) is 2. The van der Waals surface area contributed by atoms with Crippen molar-refractivity contribution < 1.29 is 14.3 Å². The highest BCUT2D eigenvalue weighted by atomic mass is 35.5. The minimum Gasteiger partial charge on any atom is -0.492 e. The Bertz CT molecular complexity index is 492. The number of carbonyl (C=O) groups excluding carboxylic acids is 2. The molecule has 2 amide bonds. The third-order valence-electron chi connectivity index (χ3n) is 2.91. The third-order valence-corrected chi connectivity index (χ3v) is 3.23. The first-order valence-corrected chi connectivity index (χ1v) is 7.80. The Morgan fingerprint density at radius 1 is 1.18 bits per heavy atom. The molecule has 0 bridgehead atoms. The minimum absolute atomic E-state index is 0.0117. The first-order valence-electron chi connectivity index (χ1n) is 7.42. The number of carbonyl (C=O) groups is 2. The standard InChI is InChI=1S/C16H23ClN2O3/c1-12(2)16(21)19-10-9-18-15(20)8-5-11-22-14-7-4-3-6-13(14)17/h3-4,6-7,12H,5,8-11H2,1-2H3,(H,18,20)(H,19,21). The van der Waals surface area contributed by atoms with Crippen LogP contribution in [0.15, 0.2) is 24.3 Å². The molecule has 0 aliphatic carbocycles. The second kappa shape index (κ2) is 10.1. The predicted molar refractivity (Wildman–Crippen MR) is 87.0 cm³/mol. The monoisotopic (exact) mass is 326 g/mol. The van der Waals surface area contributed by atoms with Crippen molar-refractivity contribution in [1.82, 2.24) is 10.6 Å². The zero-order valence-electron chi connectivity index (χ0n) is 13.0. The molecule has 22 heavy (non-hydrogen) atoms. The average Bonchev–Trinajstić information content (AvgIpc) is 2.49. The summed E-state index contributed by atoms with van der Waals surface area (Å²) in [5, 5.41) is 6.05. The second-order valence-corrected chi connectivity index (χ2v) is 5.59. The molecule has 0 spiro atoms. The maximum absolute atomic E-state index is 11.6. The molecule has 2 N–H and O–H groups in total. The number of nitrogens with one attached hydrogen (secondary N) is 2. The van der Waals surface area contributed by atoms with Gasteiger partial charge in [-0.1, -0.05) is 37.6 Å². The van der Waals surface area contributed by atoms with Crippen LogP contribution in [0.4, 0.5) is 0 Å². The zero-order valence-corrected chi connectivity index (χ0v) is 13.8. The number of ether oxygens (including phenoxy) is 1. The Morgan fingerprint density at radius 2 is 1.86 bits per heavy atom. The molecule has 0 radical (unpaired) electrons. The molecule has 1 aromatic rings. The number of amides is 2. The largest absolute Gasteiger partial charge is 0.492 e. The fourth-order valence-corrected chi connectivity index (χ4v) is 1.85. The van der Waals surface area contributed by atoms with Gasteiger partial charge in [-0.25, -0.2) is 0 Å². The van der Waals surface area contributed by atoms with Crippen molar-refractivity contribution in [3.63, 3.8) is 0 Å². The van der Waals surface area contributed by atoms with Gasteiger partial charge in [-0.3, -0.25) is 9.59 Å². The maximum Gasteiger partial charge on any atom is 0.222 e. The smallest absolute Gasteiger partial charge is 0.222 e. The first kappa shape index (κ1) is 18.3. The molecule has 6 heteroatoms. The minimum atomic E-state index is -0.0541. The summed E-state index contributed by atoms with van der Waals surface area (Å²) in [6.45, 7) is 4.96. The summed E-state index contributed by atoms with van der Waals surface area (Å²) in [7, 11) is 0. The quantitative estimate of drug-likeness (QED) is 0.685. The number of para-hydroxylation sites is 1. The van der Waals surface area contributed by atoms with Gasteiger partial charge in [0.1, 0.15) is 5.75 Å². The van der Waals surface area contributed by atoms with Crippen molar-refractivity contribution in [3.8, 4) is 5.75 Å². The lowest BCUT2D eigenvalue weighted by atomic mass is 10.2. The summed E-state index contributed by atoms with van der Waals surface area (Å²) < 4.78 is 5.50. The van der Waals surface area contributed by atoms with E-state index in [0.29, 0.717) is 43.3 Å². The van der Waals surface area contributed by atoms with Gasteiger partial charge in [-0.05, 0) is 18.6 Å². The second-order valence-electron chi connectivity index (χ2n) is 5.18. The van der Waals surface area contributed by atoms with Crippen LogP contribution in [0, 0.1) is 5.92 Å². The summed E-state index contributed by atoms with van der Waals surface area (Å²) in [6.07, 6.45) is 0.984. The number of benzene rings is 1. The van der Waals surface area contributed by atoms with Crippen molar-refractivity contribution in [3.05, 3.63) is 29.3 Å². The molecule has 1 aromatic carbocycles. The van der Waals surface area contributed by atoms with Crippen LogP contribution in [0.5, 0.6) is 5.75 Å². The normalized spacial score (nSPS) is 10.4. The molecule has 0 saturated carbocycles.